The number of benzene rings is 2. The largest absolute Gasteiger partial charge is 0.508 e. The molecule has 1 saturated heterocycles. The molecule has 2 N–H and O–H groups in total. The van der Waals surface area contributed by atoms with Gasteiger partial charge in [0, 0.05) is 17.9 Å². The molecule has 0 bridgehead atoms. The topological polar surface area (TPSA) is 79.1 Å². The third kappa shape index (κ3) is 4.57. The molecule has 2 aromatic rings. The molecule has 0 aromatic heterocycles. The van der Waals surface area contributed by atoms with Gasteiger partial charge in [0.2, 0.25) is 0 Å². The Balaban J connectivity index is 1.80. The maximum atomic E-state index is 10.5. The number of hydrogen-bond donors (Lipinski definition) is 2. The molecule has 1 heterocycles. The minimum atomic E-state index is -0.512. The Labute approximate surface area is 151 Å². The van der Waals surface area contributed by atoms with Crippen LogP contribution in [0.5, 0.6) is 5.75 Å². The average Bonchev–Trinajstić information content (AvgIpc) is 2.58. The first-order valence-electron chi connectivity index (χ1n) is 8.24. The van der Waals surface area contributed by atoms with E-state index in [9.17, 15) is 15.1 Å². The number of aromatic hydroxyl groups is 1. The second kappa shape index (κ2) is 7.95. The number of nitrogens with zero attached hydrogens (tertiary/aromatic N) is 1. The van der Waals surface area contributed by atoms with Gasteiger partial charge in [-0.25, -0.2) is 0 Å². The number of aliphatic hydroxyl groups excluding tert-OH is 1. The first-order valence-corrected chi connectivity index (χ1v) is 8.62. The summed E-state index contributed by atoms with van der Waals surface area (Å²) in [4.78, 5) is 10.5. The first-order chi connectivity index (χ1) is 12.0. The minimum Gasteiger partial charge on any atom is -0.508 e. The van der Waals surface area contributed by atoms with Gasteiger partial charge in [0.05, 0.1) is 18.3 Å². The van der Waals surface area contributed by atoms with E-state index in [4.69, 9.17) is 16.3 Å². The predicted octanol–water partition coefficient (Wildman–Crippen LogP) is 3.98. The summed E-state index contributed by atoms with van der Waals surface area (Å²) in [7, 11) is 0. The van der Waals surface area contributed by atoms with Crippen molar-refractivity contribution in [3.8, 4) is 5.75 Å². The van der Waals surface area contributed by atoms with E-state index in [2.05, 4.69) is 5.18 Å². The number of halogens is 1. The standard InChI is InChI=1S/C19H20ClNO4/c20-18-6-3-13(19-10-16(23)9-17(25-19)11-21-24)8-14(18)7-12-1-4-15(22)5-2-12/h1-6,8,16-17,19,22-23H,7,9-11H2. The Hall–Kier alpha value is -1.95. The average molecular weight is 362 g/mol. The lowest BCUT2D eigenvalue weighted by atomic mass is 9.94. The van der Waals surface area contributed by atoms with Crippen LogP contribution in [0.1, 0.15) is 35.6 Å². The number of phenolic OH excluding ortho intramolecular Hbond substituents is 1. The van der Waals surface area contributed by atoms with E-state index < -0.39 is 6.10 Å². The molecule has 132 valence electrons. The second-order valence-electron chi connectivity index (χ2n) is 6.38. The zero-order valence-corrected chi connectivity index (χ0v) is 14.4. The van der Waals surface area contributed by atoms with Gasteiger partial charge in [0.15, 0.2) is 0 Å². The van der Waals surface area contributed by atoms with Crippen LogP contribution in [-0.4, -0.2) is 29.0 Å². The van der Waals surface area contributed by atoms with E-state index in [-0.39, 0.29) is 24.5 Å². The Kier molecular flexibility index (Phi) is 5.68. The quantitative estimate of drug-likeness (QED) is 0.789. The van der Waals surface area contributed by atoms with Crippen molar-refractivity contribution in [2.24, 2.45) is 5.18 Å². The van der Waals surface area contributed by atoms with Gasteiger partial charge < -0.3 is 14.9 Å². The number of hydrogen-bond acceptors (Lipinski definition) is 5. The molecule has 0 spiro atoms. The third-order valence-electron chi connectivity index (χ3n) is 4.43. The van der Waals surface area contributed by atoms with E-state index in [1.165, 1.54) is 0 Å². The van der Waals surface area contributed by atoms with Crippen molar-refractivity contribution in [1.82, 2.24) is 0 Å². The highest BCUT2D eigenvalue weighted by molar-refractivity contribution is 6.31. The van der Waals surface area contributed by atoms with Crippen molar-refractivity contribution < 1.29 is 14.9 Å². The number of nitroso groups, excluding NO2 is 1. The molecule has 1 aliphatic heterocycles. The molecule has 1 fully saturated rings. The fourth-order valence-electron chi connectivity index (χ4n) is 3.17. The van der Waals surface area contributed by atoms with Crippen LogP contribution >= 0.6 is 11.6 Å². The van der Waals surface area contributed by atoms with E-state index in [0.717, 1.165) is 16.7 Å². The summed E-state index contributed by atoms with van der Waals surface area (Å²) in [6.07, 6.45) is 0.378. The van der Waals surface area contributed by atoms with E-state index >= 15 is 0 Å². The molecule has 1 aliphatic rings. The fourth-order valence-corrected chi connectivity index (χ4v) is 3.35. The molecule has 3 unspecified atom stereocenters. The maximum Gasteiger partial charge on any atom is 0.115 e. The Morgan fingerprint density at radius 2 is 1.92 bits per heavy atom. The Morgan fingerprint density at radius 1 is 1.16 bits per heavy atom. The molecule has 0 saturated carbocycles. The minimum absolute atomic E-state index is 0.0432. The highest BCUT2D eigenvalue weighted by atomic mass is 35.5. The zero-order chi connectivity index (χ0) is 17.8. The van der Waals surface area contributed by atoms with Crippen LogP contribution in [0.15, 0.2) is 47.6 Å². The molecule has 25 heavy (non-hydrogen) atoms. The van der Waals surface area contributed by atoms with Crippen LogP contribution in [0.3, 0.4) is 0 Å². The van der Waals surface area contributed by atoms with E-state index in [1.807, 2.05) is 30.3 Å². The van der Waals surface area contributed by atoms with Crippen LogP contribution in [0.2, 0.25) is 5.02 Å². The lowest BCUT2D eigenvalue weighted by Gasteiger charge is -2.32. The number of aliphatic hydroxyl groups is 1. The van der Waals surface area contributed by atoms with Crippen LogP contribution in [0.4, 0.5) is 0 Å². The highest BCUT2D eigenvalue weighted by Gasteiger charge is 2.29. The summed E-state index contributed by atoms with van der Waals surface area (Å²) < 4.78 is 5.91. The lowest BCUT2D eigenvalue weighted by Crippen LogP contribution is -2.33. The monoisotopic (exact) mass is 361 g/mol. The normalized spacial score (nSPS) is 23.4. The SMILES string of the molecule is O=NCC1CC(O)CC(c2ccc(Cl)c(Cc3ccc(O)cc3)c2)O1. The van der Waals surface area contributed by atoms with Crippen LogP contribution in [0.25, 0.3) is 0 Å². The second-order valence-corrected chi connectivity index (χ2v) is 6.78. The van der Waals surface area contributed by atoms with Crippen molar-refractivity contribution >= 4 is 11.6 Å². The molecule has 3 rings (SSSR count). The van der Waals surface area contributed by atoms with E-state index in [0.29, 0.717) is 24.3 Å². The molecular weight excluding hydrogens is 342 g/mol. The smallest absolute Gasteiger partial charge is 0.115 e. The van der Waals surface area contributed by atoms with Gasteiger partial charge in [-0.05, 0) is 41.3 Å². The highest BCUT2D eigenvalue weighted by Crippen LogP contribution is 2.34. The van der Waals surface area contributed by atoms with Crippen molar-refractivity contribution in [1.29, 1.82) is 0 Å². The zero-order valence-electron chi connectivity index (χ0n) is 13.6. The maximum absolute atomic E-state index is 10.5. The lowest BCUT2D eigenvalue weighted by molar-refractivity contribution is -0.0930. The molecule has 0 aliphatic carbocycles. The number of ether oxygens (including phenoxy) is 1. The molecular formula is C19H20ClNO4. The molecule has 3 atom stereocenters. The summed E-state index contributed by atoms with van der Waals surface area (Å²) >= 11 is 6.33. The first kappa shape index (κ1) is 17.9. The molecule has 2 aromatic carbocycles. The molecule has 0 amide bonds. The summed E-state index contributed by atoms with van der Waals surface area (Å²) in [5.74, 6) is 0.225. The Morgan fingerprint density at radius 3 is 2.64 bits per heavy atom. The van der Waals surface area contributed by atoms with Crippen LogP contribution < -0.4 is 0 Å². The number of phenols is 1. The van der Waals surface area contributed by atoms with Gasteiger partial charge in [0.1, 0.15) is 12.3 Å². The molecule has 6 heteroatoms. The predicted molar refractivity (Wildman–Crippen MR) is 95.9 cm³/mol. The van der Waals surface area contributed by atoms with Crippen molar-refractivity contribution in [2.75, 3.05) is 6.54 Å². The third-order valence-corrected chi connectivity index (χ3v) is 4.80. The fraction of sp³-hybridized carbons (Fsp3) is 0.368. The van der Waals surface area contributed by atoms with Crippen molar-refractivity contribution in [2.45, 2.75) is 37.6 Å². The molecule has 0 radical (unpaired) electrons. The van der Waals surface area contributed by atoms with Gasteiger partial charge >= 0.3 is 0 Å². The summed E-state index contributed by atoms with van der Waals surface area (Å²) in [6, 6.07) is 12.7. The van der Waals surface area contributed by atoms with Crippen LogP contribution in [0, 0.1) is 4.91 Å². The van der Waals surface area contributed by atoms with Gasteiger partial charge in [-0.3, -0.25) is 0 Å². The van der Waals surface area contributed by atoms with Gasteiger partial charge in [-0.1, -0.05) is 41.0 Å². The number of rotatable bonds is 5. The van der Waals surface area contributed by atoms with Gasteiger partial charge in [0.25, 0.3) is 0 Å². The van der Waals surface area contributed by atoms with Gasteiger partial charge in [-0.2, -0.15) is 4.91 Å². The van der Waals surface area contributed by atoms with Crippen molar-refractivity contribution in [3.05, 3.63) is 69.1 Å². The summed E-state index contributed by atoms with van der Waals surface area (Å²) in [6.45, 7) is 0.0432. The Bertz CT molecular complexity index is 735. The van der Waals surface area contributed by atoms with Crippen LogP contribution in [-0.2, 0) is 11.2 Å². The summed E-state index contributed by atoms with van der Waals surface area (Å²) in [5.41, 5.74) is 2.90. The molecule has 5 nitrogen and oxygen atoms in total. The van der Waals surface area contributed by atoms with E-state index in [1.54, 1.807) is 12.1 Å². The van der Waals surface area contributed by atoms with Crippen molar-refractivity contribution in [3.63, 3.8) is 0 Å². The summed E-state index contributed by atoms with van der Waals surface area (Å²) in [5, 5.41) is 23.0. The van der Waals surface area contributed by atoms with Gasteiger partial charge in [-0.15, -0.1) is 0 Å².